The lowest BCUT2D eigenvalue weighted by atomic mass is 9.98. The van der Waals surface area contributed by atoms with Crippen LogP contribution in [0.1, 0.15) is 329 Å². The van der Waals surface area contributed by atoms with Gasteiger partial charge in [0.15, 0.2) is 24.6 Å². The van der Waals surface area contributed by atoms with E-state index in [1.54, 1.807) is 0 Å². The lowest BCUT2D eigenvalue weighted by Crippen LogP contribution is -2.61. The molecule has 3 N–H and O–H groups in total. The van der Waals surface area contributed by atoms with Gasteiger partial charge in [0.05, 0.1) is 6.61 Å². The molecule has 83 heavy (non-hydrogen) atoms. The van der Waals surface area contributed by atoms with Gasteiger partial charge in [-0.1, -0.05) is 275 Å². The maximum absolute atomic E-state index is 13.2. The number of aliphatic hydroxyl groups is 2. The molecule has 6 atom stereocenters. The van der Waals surface area contributed by atoms with Crippen LogP contribution in [0.3, 0.4) is 0 Å². The quantitative estimate of drug-likeness (QED) is 0.0228. The van der Waals surface area contributed by atoms with Crippen LogP contribution in [0.4, 0.5) is 0 Å². The summed E-state index contributed by atoms with van der Waals surface area (Å²) in [5.41, 5.74) is 0. The van der Waals surface area contributed by atoms with E-state index in [1.165, 1.54) is 161 Å². The van der Waals surface area contributed by atoms with Crippen LogP contribution in [0.15, 0.2) is 48.6 Å². The molecule has 0 aromatic carbocycles. The van der Waals surface area contributed by atoms with E-state index in [4.69, 9.17) is 23.7 Å². The standard InChI is InChI=1S/C71H126O12/c1-4-7-10-13-16-19-22-25-28-30-32-34-37-39-42-45-48-51-54-57-63(72)79-60-62(81-64(73)58-55-52-49-46-43-40-36-27-24-21-18-15-12-9-6-3)61-80-71-69(67(76)66(75)68(83-71)70(77)78)82-65(74)59-56-53-50-47-44-41-38-35-33-31-29-26-23-20-17-14-11-8-5-2/h17,20,26-27,29,33,35-36,62,66-69,71,75-76H,4-16,18-19,21-25,28,30-32,34,37-61H2,1-3H3,(H,77,78)/b20-17-,29-26-,35-33-,36-27-. The Kier molecular flexibility index (Phi) is 55.3. The Balaban J connectivity index is 2.63. The number of ether oxygens (including phenoxy) is 5. The zero-order chi connectivity index (χ0) is 60.3. The van der Waals surface area contributed by atoms with Crippen LogP contribution in [0.5, 0.6) is 0 Å². The van der Waals surface area contributed by atoms with Gasteiger partial charge in [-0.2, -0.15) is 0 Å². The number of hydrogen-bond donors (Lipinski definition) is 3. The predicted octanol–water partition coefficient (Wildman–Crippen LogP) is 18.9. The van der Waals surface area contributed by atoms with Crippen LogP contribution in [0, 0.1) is 0 Å². The highest BCUT2D eigenvalue weighted by molar-refractivity contribution is 5.74. The second kappa shape index (κ2) is 59.0. The second-order valence-electron chi connectivity index (χ2n) is 23.8. The van der Waals surface area contributed by atoms with E-state index in [0.717, 1.165) is 109 Å². The summed E-state index contributed by atoms with van der Waals surface area (Å²) in [5, 5.41) is 31.6. The van der Waals surface area contributed by atoms with Gasteiger partial charge in [-0.05, 0) is 83.5 Å². The predicted molar refractivity (Wildman–Crippen MR) is 340 cm³/mol. The number of carbonyl (C=O) groups is 4. The van der Waals surface area contributed by atoms with E-state index >= 15 is 0 Å². The van der Waals surface area contributed by atoms with Crippen molar-refractivity contribution in [2.24, 2.45) is 0 Å². The van der Waals surface area contributed by atoms with Crippen LogP contribution in [0.25, 0.3) is 0 Å². The number of hydrogen-bond acceptors (Lipinski definition) is 11. The van der Waals surface area contributed by atoms with Crippen molar-refractivity contribution in [1.82, 2.24) is 0 Å². The minimum Gasteiger partial charge on any atom is -0.479 e. The molecule has 1 saturated heterocycles. The minimum atomic E-state index is -1.91. The van der Waals surface area contributed by atoms with E-state index < -0.39 is 67.3 Å². The Labute approximate surface area is 507 Å². The van der Waals surface area contributed by atoms with Gasteiger partial charge in [0, 0.05) is 19.3 Å². The van der Waals surface area contributed by atoms with Crippen LogP contribution in [-0.2, 0) is 42.9 Å². The van der Waals surface area contributed by atoms with Crippen molar-refractivity contribution in [2.45, 2.75) is 366 Å². The van der Waals surface area contributed by atoms with Crippen molar-refractivity contribution >= 4 is 23.9 Å². The first kappa shape index (κ1) is 77.7. The maximum atomic E-state index is 13.2. The summed E-state index contributed by atoms with van der Waals surface area (Å²) in [5.74, 6) is -3.11. The monoisotopic (exact) mass is 1170 g/mol. The molecule has 0 aliphatic carbocycles. The largest absolute Gasteiger partial charge is 0.479 e. The second-order valence-corrected chi connectivity index (χ2v) is 23.8. The average molecular weight is 1170 g/mol. The fraction of sp³-hybridized carbons (Fsp3) is 0.831. The van der Waals surface area contributed by atoms with Crippen molar-refractivity contribution in [1.29, 1.82) is 0 Å². The molecule has 0 aromatic heterocycles. The van der Waals surface area contributed by atoms with Gasteiger partial charge >= 0.3 is 23.9 Å². The van der Waals surface area contributed by atoms with Gasteiger partial charge in [0.25, 0.3) is 0 Å². The highest BCUT2D eigenvalue weighted by Crippen LogP contribution is 2.27. The first-order valence-corrected chi connectivity index (χ1v) is 34.6. The summed E-state index contributed by atoms with van der Waals surface area (Å²) in [6.07, 6.45) is 60.6. The maximum Gasteiger partial charge on any atom is 0.335 e. The van der Waals surface area contributed by atoms with Crippen LogP contribution in [-0.4, -0.2) is 89.2 Å². The molecular formula is C71H126O12. The zero-order valence-corrected chi connectivity index (χ0v) is 53.5. The third-order valence-corrected chi connectivity index (χ3v) is 15.9. The Morgan fingerprint density at radius 2 is 0.723 bits per heavy atom. The Bertz CT molecular complexity index is 1630. The van der Waals surface area contributed by atoms with E-state index in [0.29, 0.717) is 19.3 Å². The van der Waals surface area contributed by atoms with E-state index in [2.05, 4.69) is 69.4 Å². The molecule has 12 heteroatoms. The van der Waals surface area contributed by atoms with Crippen LogP contribution < -0.4 is 0 Å². The third kappa shape index (κ3) is 48.5. The topological polar surface area (TPSA) is 175 Å². The van der Waals surface area contributed by atoms with Crippen LogP contribution >= 0.6 is 0 Å². The lowest BCUT2D eigenvalue weighted by molar-refractivity contribution is -0.301. The van der Waals surface area contributed by atoms with Crippen molar-refractivity contribution in [3.05, 3.63) is 48.6 Å². The number of carbonyl (C=O) groups excluding carboxylic acids is 3. The lowest BCUT2D eigenvalue weighted by Gasteiger charge is -2.40. The Hall–Kier alpha value is -3.32. The van der Waals surface area contributed by atoms with Gasteiger partial charge in [-0.25, -0.2) is 4.79 Å². The van der Waals surface area contributed by atoms with Crippen molar-refractivity contribution in [3.8, 4) is 0 Å². The SMILES string of the molecule is CCCCC/C=C\C/C=C\C/C=C\CCCCCCCCC(=O)OC1C(OCC(COC(=O)CCCCCCCCCCCCCCCCCCCCC)OC(=O)CCCCCCC/C=C\CCCCCCCC)OC(C(=O)O)C(O)C1O. The summed E-state index contributed by atoms with van der Waals surface area (Å²) < 4.78 is 28.6. The number of aliphatic carboxylic acids is 1. The van der Waals surface area contributed by atoms with Crippen molar-refractivity contribution in [3.63, 3.8) is 0 Å². The van der Waals surface area contributed by atoms with Crippen molar-refractivity contribution < 1.29 is 58.2 Å². The fourth-order valence-corrected chi connectivity index (χ4v) is 10.5. The van der Waals surface area contributed by atoms with Gasteiger partial charge < -0.3 is 39.0 Å². The molecule has 482 valence electrons. The van der Waals surface area contributed by atoms with Crippen LogP contribution in [0.2, 0.25) is 0 Å². The van der Waals surface area contributed by atoms with E-state index in [1.807, 2.05) is 0 Å². The summed E-state index contributed by atoms with van der Waals surface area (Å²) in [6.45, 7) is 6.01. The highest BCUT2D eigenvalue weighted by atomic mass is 16.7. The number of esters is 3. The Morgan fingerprint density at radius 1 is 0.398 bits per heavy atom. The summed E-state index contributed by atoms with van der Waals surface area (Å²) >= 11 is 0. The number of aliphatic hydroxyl groups excluding tert-OH is 2. The van der Waals surface area contributed by atoms with Gasteiger partial charge in [0.2, 0.25) is 0 Å². The van der Waals surface area contributed by atoms with E-state index in [-0.39, 0.29) is 25.9 Å². The van der Waals surface area contributed by atoms with Gasteiger partial charge in [-0.15, -0.1) is 0 Å². The number of carboxylic acids is 1. The molecule has 1 rings (SSSR count). The summed E-state index contributed by atoms with van der Waals surface area (Å²) in [6, 6.07) is 0. The van der Waals surface area contributed by atoms with Crippen molar-refractivity contribution in [2.75, 3.05) is 13.2 Å². The fourth-order valence-electron chi connectivity index (χ4n) is 10.5. The average Bonchev–Trinajstić information content (AvgIpc) is 3.60. The third-order valence-electron chi connectivity index (χ3n) is 15.9. The number of unbranched alkanes of at least 4 members (excludes halogenated alkanes) is 38. The molecule has 0 amide bonds. The molecule has 1 fully saturated rings. The molecule has 0 bridgehead atoms. The molecule has 6 unspecified atom stereocenters. The molecule has 0 aromatic rings. The molecule has 0 saturated carbocycles. The minimum absolute atomic E-state index is 0.0470. The Morgan fingerprint density at radius 3 is 1.13 bits per heavy atom. The van der Waals surface area contributed by atoms with E-state index in [9.17, 15) is 34.5 Å². The number of allylic oxidation sites excluding steroid dienone is 8. The summed E-state index contributed by atoms with van der Waals surface area (Å²) in [7, 11) is 0. The molecule has 1 aliphatic rings. The molecular weight excluding hydrogens is 1040 g/mol. The zero-order valence-electron chi connectivity index (χ0n) is 53.5. The van der Waals surface area contributed by atoms with Gasteiger partial charge in [0.1, 0.15) is 18.8 Å². The highest BCUT2D eigenvalue weighted by Gasteiger charge is 2.50. The number of carboxylic acid groups (broad SMARTS) is 1. The normalized spacial score (nSPS) is 17.8. The first-order valence-electron chi connectivity index (χ1n) is 34.6. The first-order chi connectivity index (χ1) is 40.6. The van der Waals surface area contributed by atoms with Gasteiger partial charge in [-0.3, -0.25) is 14.4 Å². The molecule has 0 spiro atoms. The molecule has 0 radical (unpaired) electrons. The smallest absolute Gasteiger partial charge is 0.335 e. The number of rotatable bonds is 60. The summed E-state index contributed by atoms with van der Waals surface area (Å²) in [4.78, 5) is 51.4. The molecule has 1 heterocycles. The molecule has 12 nitrogen and oxygen atoms in total. The molecule has 1 aliphatic heterocycles.